The Balaban J connectivity index is 1.69. The van der Waals surface area contributed by atoms with E-state index < -0.39 is 0 Å². The Kier molecular flexibility index (Phi) is 2.46. The highest BCUT2D eigenvalue weighted by Gasteiger charge is 2.56. The van der Waals surface area contributed by atoms with E-state index in [4.69, 9.17) is 4.74 Å². The highest BCUT2D eigenvalue weighted by Crippen LogP contribution is 2.63. The van der Waals surface area contributed by atoms with Crippen LogP contribution in [0.2, 0.25) is 0 Å². The van der Waals surface area contributed by atoms with Crippen LogP contribution in [0.25, 0.3) is 0 Å². The Morgan fingerprint density at radius 2 is 2.25 bits per heavy atom. The summed E-state index contributed by atoms with van der Waals surface area (Å²) in [7, 11) is 0. The van der Waals surface area contributed by atoms with E-state index in [1.807, 2.05) is 0 Å². The van der Waals surface area contributed by atoms with Gasteiger partial charge in [0, 0.05) is 25.6 Å². The van der Waals surface area contributed by atoms with Crippen molar-refractivity contribution in [2.75, 3.05) is 13.2 Å². The lowest BCUT2D eigenvalue weighted by molar-refractivity contribution is 0.0554. The zero-order valence-electron chi connectivity index (χ0n) is 9.83. The first-order valence-corrected chi connectivity index (χ1v) is 6.33. The van der Waals surface area contributed by atoms with E-state index in [-0.39, 0.29) is 0 Å². The Morgan fingerprint density at radius 1 is 1.44 bits per heavy atom. The fourth-order valence-electron chi connectivity index (χ4n) is 2.86. The lowest BCUT2D eigenvalue weighted by Gasteiger charge is -2.21. The van der Waals surface area contributed by atoms with E-state index >= 15 is 0 Å². The average Bonchev–Trinajstić information content (AvgIpc) is 2.79. The van der Waals surface area contributed by atoms with Crippen LogP contribution in [0.15, 0.2) is 0 Å². The Morgan fingerprint density at radius 3 is 3.00 bits per heavy atom. The third kappa shape index (κ3) is 1.65. The molecule has 0 bridgehead atoms. The van der Waals surface area contributed by atoms with Crippen LogP contribution in [0.4, 0.5) is 0 Å². The second-order valence-electron chi connectivity index (χ2n) is 5.12. The monoisotopic (exact) mass is 221 g/mol. The molecule has 4 nitrogen and oxygen atoms in total. The van der Waals surface area contributed by atoms with Crippen LogP contribution in [0.3, 0.4) is 0 Å². The Labute approximate surface area is 95.8 Å². The van der Waals surface area contributed by atoms with E-state index in [1.165, 1.54) is 19.3 Å². The van der Waals surface area contributed by atoms with Gasteiger partial charge in [0.05, 0.1) is 0 Å². The number of aromatic nitrogens is 3. The van der Waals surface area contributed by atoms with Gasteiger partial charge in [-0.25, -0.2) is 4.98 Å². The number of aromatic amines is 1. The predicted molar refractivity (Wildman–Crippen MR) is 60.2 cm³/mol. The van der Waals surface area contributed by atoms with Crippen molar-refractivity contribution in [3.63, 3.8) is 0 Å². The maximum Gasteiger partial charge on any atom is 0.154 e. The van der Waals surface area contributed by atoms with Crippen molar-refractivity contribution in [1.82, 2.24) is 15.2 Å². The first-order valence-electron chi connectivity index (χ1n) is 6.33. The first kappa shape index (κ1) is 10.3. The summed E-state index contributed by atoms with van der Waals surface area (Å²) >= 11 is 0. The summed E-state index contributed by atoms with van der Waals surface area (Å²) in [5.74, 6) is 2.69. The van der Waals surface area contributed by atoms with Gasteiger partial charge in [0.1, 0.15) is 5.82 Å². The summed E-state index contributed by atoms with van der Waals surface area (Å²) in [6.45, 7) is 4.00. The third-order valence-electron chi connectivity index (χ3n) is 4.03. The van der Waals surface area contributed by atoms with Crippen molar-refractivity contribution in [2.24, 2.45) is 5.41 Å². The summed E-state index contributed by atoms with van der Waals surface area (Å²) in [5.41, 5.74) is 0.490. The standard InChI is InChI=1S/C12H19N3O/c1-2-3-10-13-11(15-14-10)9-8-12(9)4-6-16-7-5-12/h9H,2-8H2,1H3,(H,13,14,15). The highest BCUT2D eigenvalue weighted by molar-refractivity contribution is 5.18. The maximum absolute atomic E-state index is 5.42. The van der Waals surface area contributed by atoms with Crippen molar-refractivity contribution in [3.05, 3.63) is 11.6 Å². The van der Waals surface area contributed by atoms with Gasteiger partial charge in [0.15, 0.2) is 5.82 Å². The number of H-pyrrole nitrogens is 1. The average molecular weight is 221 g/mol. The molecule has 1 spiro atoms. The summed E-state index contributed by atoms with van der Waals surface area (Å²) < 4.78 is 5.42. The molecule has 2 aliphatic rings. The molecular formula is C12H19N3O. The number of hydrogen-bond donors (Lipinski definition) is 1. The van der Waals surface area contributed by atoms with Crippen molar-refractivity contribution < 1.29 is 4.74 Å². The minimum Gasteiger partial charge on any atom is -0.381 e. The van der Waals surface area contributed by atoms with E-state index in [0.717, 1.165) is 37.7 Å². The van der Waals surface area contributed by atoms with E-state index in [9.17, 15) is 0 Å². The second-order valence-corrected chi connectivity index (χ2v) is 5.12. The largest absolute Gasteiger partial charge is 0.381 e. The fourth-order valence-corrected chi connectivity index (χ4v) is 2.86. The van der Waals surface area contributed by atoms with Crippen LogP contribution in [0.5, 0.6) is 0 Å². The molecule has 88 valence electrons. The van der Waals surface area contributed by atoms with Crippen molar-refractivity contribution >= 4 is 0 Å². The minimum absolute atomic E-state index is 0.490. The van der Waals surface area contributed by atoms with E-state index in [1.54, 1.807) is 0 Å². The minimum atomic E-state index is 0.490. The smallest absolute Gasteiger partial charge is 0.154 e. The maximum atomic E-state index is 5.42. The molecule has 16 heavy (non-hydrogen) atoms. The highest BCUT2D eigenvalue weighted by atomic mass is 16.5. The molecule has 0 amide bonds. The molecular weight excluding hydrogens is 202 g/mol. The van der Waals surface area contributed by atoms with Crippen molar-refractivity contribution in [2.45, 2.75) is 44.9 Å². The predicted octanol–water partition coefficient (Wildman–Crippen LogP) is 2.04. The van der Waals surface area contributed by atoms with Gasteiger partial charge >= 0.3 is 0 Å². The van der Waals surface area contributed by atoms with Gasteiger partial charge < -0.3 is 4.74 Å². The van der Waals surface area contributed by atoms with Gasteiger partial charge in [-0.15, -0.1) is 0 Å². The fraction of sp³-hybridized carbons (Fsp3) is 0.833. The van der Waals surface area contributed by atoms with Gasteiger partial charge in [-0.05, 0) is 31.1 Å². The molecule has 1 atom stereocenters. The van der Waals surface area contributed by atoms with Crippen LogP contribution in [-0.2, 0) is 11.2 Å². The number of ether oxygens (including phenoxy) is 1. The lowest BCUT2D eigenvalue weighted by atomic mass is 9.94. The molecule has 0 aromatic carbocycles. The van der Waals surface area contributed by atoms with Crippen LogP contribution in [0.1, 0.15) is 50.2 Å². The van der Waals surface area contributed by atoms with Gasteiger partial charge in [-0.1, -0.05) is 6.92 Å². The molecule has 1 saturated heterocycles. The van der Waals surface area contributed by atoms with Gasteiger partial charge in [-0.3, -0.25) is 5.10 Å². The topological polar surface area (TPSA) is 50.8 Å². The van der Waals surface area contributed by atoms with E-state index in [2.05, 4.69) is 22.1 Å². The molecule has 1 N–H and O–H groups in total. The van der Waals surface area contributed by atoms with Crippen molar-refractivity contribution in [3.8, 4) is 0 Å². The van der Waals surface area contributed by atoms with Crippen LogP contribution < -0.4 is 0 Å². The quantitative estimate of drug-likeness (QED) is 0.849. The summed E-state index contributed by atoms with van der Waals surface area (Å²) in [5, 5.41) is 7.43. The first-order chi connectivity index (χ1) is 7.84. The molecule has 4 heteroatoms. The Hall–Kier alpha value is -0.900. The zero-order valence-corrected chi connectivity index (χ0v) is 9.83. The van der Waals surface area contributed by atoms with Crippen LogP contribution >= 0.6 is 0 Å². The van der Waals surface area contributed by atoms with Gasteiger partial charge in [0.25, 0.3) is 0 Å². The molecule has 1 saturated carbocycles. The second kappa shape index (κ2) is 3.84. The summed E-state index contributed by atoms with van der Waals surface area (Å²) in [4.78, 5) is 4.60. The van der Waals surface area contributed by atoms with Crippen molar-refractivity contribution in [1.29, 1.82) is 0 Å². The molecule has 2 fully saturated rings. The zero-order chi connectivity index (χ0) is 11.0. The van der Waals surface area contributed by atoms with Crippen LogP contribution in [-0.4, -0.2) is 28.4 Å². The number of aryl methyl sites for hydroxylation is 1. The molecule has 1 aromatic heterocycles. The summed E-state index contributed by atoms with van der Waals surface area (Å²) in [6.07, 6.45) is 5.78. The molecule has 2 heterocycles. The molecule has 1 aliphatic heterocycles. The van der Waals surface area contributed by atoms with Crippen LogP contribution in [0, 0.1) is 5.41 Å². The number of nitrogens with zero attached hydrogens (tertiary/aromatic N) is 2. The summed E-state index contributed by atoms with van der Waals surface area (Å²) in [6, 6.07) is 0. The molecule has 3 rings (SSSR count). The number of hydrogen-bond acceptors (Lipinski definition) is 3. The third-order valence-corrected chi connectivity index (χ3v) is 4.03. The number of nitrogens with one attached hydrogen (secondary N) is 1. The SMILES string of the molecule is CCCc1nc(C2CC23CCOCC3)n[nH]1. The normalized spacial score (nSPS) is 27.2. The van der Waals surface area contributed by atoms with Gasteiger partial charge in [-0.2, -0.15) is 5.10 Å². The molecule has 1 unspecified atom stereocenters. The molecule has 0 radical (unpaired) electrons. The Bertz CT molecular complexity index is 368. The molecule has 1 aliphatic carbocycles. The molecule has 1 aromatic rings. The number of rotatable bonds is 3. The van der Waals surface area contributed by atoms with Gasteiger partial charge in [0.2, 0.25) is 0 Å². The van der Waals surface area contributed by atoms with E-state index in [0.29, 0.717) is 11.3 Å². The lowest BCUT2D eigenvalue weighted by Crippen LogP contribution is -2.18.